The van der Waals surface area contributed by atoms with E-state index < -0.39 is 0 Å². The van der Waals surface area contributed by atoms with Crippen molar-refractivity contribution in [2.75, 3.05) is 17.2 Å². The summed E-state index contributed by atoms with van der Waals surface area (Å²) in [4.78, 5) is 12.2. The number of nitrogens with zero attached hydrogens (tertiary/aromatic N) is 5. The summed E-state index contributed by atoms with van der Waals surface area (Å²) in [6.45, 7) is 2.61. The van der Waals surface area contributed by atoms with Crippen molar-refractivity contribution in [2.45, 2.75) is 6.92 Å². The molecular formula is C11H9Cl2N7S. The summed E-state index contributed by atoms with van der Waals surface area (Å²) < 4.78 is 8.39. The zero-order chi connectivity index (χ0) is 14.8. The van der Waals surface area contributed by atoms with Crippen molar-refractivity contribution in [2.24, 2.45) is 0 Å². The van der Waals surface area contributed by atoms with Crippen molar-refractivity contribution in [3.8, 4) is 0 Å². The summed E-state index contributed by atoms with van der Waals surface area (Å²) in [5.74, 6) is 0.674. The number of benzene rings is 1. The molecule has 0 saturated heterocycles. The molecule has 0 spiro atoms. The predicted octanol–water partition coefficient (Wildman–Crippen LogP) is 3.36. The van der Waals surface area contributed by atoms with Crippen LogP contribution in [0.3, 0.4) is 0 Å². The van der Waals surface area contributed by atoms with Crippen LogP contribution in [0.2, 0.25) is 10.3 Å². The topological polar surface area (TPSA) is 88.5 Å². The number of hydrogen-bond acceptors (Lipinski definition) is 8. The van der Waals surface area contributed by atoms with Gasteiger partial charge in [0.2, 0.25) is 17.2 Å². The highest BCUT2D eigenvalue weighted by Crippen LogP contribution is 2.31. The average molecular weight is 342 g/mol. The molecular weight excluding hydrogens is 333 g/mol. The molecule has 0 bridgehead atoms. The average Bonchev–Trinajstić information content (AvgIpc) is 2.90. The summed E-state index contributed by atoms with van der Waals surface area (Å²) in [5.41, 5.74) is 2.00. The first kappa shape index (κ1) is 14.2. The van der Waals surface area contributed by atoms with Gasteiger partial charge in [-0.2, -0.15) is 23.7 Å². The Morgan fingerprint density at radius 1 is 1.10 bits per heavy atom. The third-order valence-corrected chi connectivity index (χ3v) is 3.58. The third-order valence-electron chi connectivity index (χ3n) is 2.56. The van der Waals surface area contributed by atoms with Gasteiger partial charge in [-0.1, -0.05) is 11.6 Å². The van der Waals surface area contributed by atoms with Gasteiger partial charge in [0.1, 0.15) is 11.0 Å². The highest BCUT2D eigenvalue weighted by Gasteiger charge is 2.12. The highest BCUT2D eigenvalue weighted by molar-refractivity contribution is 7.00. The van der Waals surface area contributed by atoms with Crippen LogP contribution in [0.25, 0.3) is 11.0 Å². The first-order valence-corrected chi connectivity index (χ1v) is 7.49. The quantitative estimate of drug-likeness (QED) is 0.751. The number of rotatable bonds is 4. The Bertz CT molecular complexity index is 791. The smallest absolute Gasteiger partial charge is 0.233 e. The maximum absolute atomic E-state index is 6.21. The van der Waals surface area contributed by atoms with Gasteiger partial charge in [-0.15, -0.1) is 0 Å². The van der Waals surface area contributed by atoms with Gasteiger partial charge in [-0.25, -0.2) is 0 Å². The minimum atomic E-state index is 0.0863. The van der Waals surface area contributed by atoms with Crippen molar-refractivity contribution in [3.05, 3.63) is 22.4 Å². The van der Waals surface area contributed by atoms with Crippen LogP contribution in [0, 0.1) is 0 Å². The Labute approximate surface area is 134 Å². The molecule has 0 radical (unpaired) electrons. The molecule has 0 amide bonds. The Balaban J connectivity index is 2.02. The second kappa shape index (κ2) is 5.92. The van der Waals surface area contributed by atoms with Crippen LogP contribution in [0.1, 0.15) is 6.92 Å². The summed E-state index contributed by atoms with van der Waals surface area (Å²) in [5, 5.41) is 6.59. The molecule has 2 N–H and O–H groups in total. The molecule has 2 heterocycles. The van der Waals surface area contributed by atoms with Crippen molar-refractivity contribution in [1.29, 1.82) is 0 Å². The zero-order valence-electron chi connectivity index (χ0n) is 10.8. The third kappa shape index (κ3) is 2.97. The SMILES string of the molecule is CCNc1nc(Cl)nc(Nc2c(Cl)ccc3nsnc23)n1. The van der Waals surface area contributed by atoms with Gasteiger partial charge in [0.25, 0.3) is 0 Å². The van der Waals surface area contributed by atoms with Gasteiger partial charge >= 0.3 is 0 Å². The van der Waals surface area contributed by atoms with Gasteiger partial charge in [0.15, 0.2) is 0 Å². The normalized spacial score (nSPS) is 10.8. The van der Waals surface area contributed by atoms with E-state index in [9.17, 15) is 0 Å². The number of halogens is 2. The molecule has 21 heavy (non-hydrogen) atoms. The molecule has 7 nitrogen and oxygen atoms in total. The minimum Gasteiger partial charge on any atom is -0.354 e. The van der Waals surface area contributed by atoms with Crippen molar-refractivity contribution < 1.29 is 0 Å². The maximum atomic E-state index is 6.21. The standard InChI is InChI=1S/C11H9Cl2N7S/c1-2-14-10-16-9(13)17-11(18-10)15-7-5(12)3-4-6-8(7)20-21-19-6/h3-4H,2H2,1H3,(H2,14,15,16,17,18). The molecule has 0 aliphatic carbocycles. The van der Waals surface area contributed by atoms with Crippen molar-refractivity contribution >= 4 is 63.5 Å². The van der Waals surface area contributed by atoms with Crippen LogP contribution in [0.15, 0.2) is 12.1 Å². The molecule has 0 saturated carbocycles. The van der Waals surface area contributed by atoms with Gasteiger partial charge in [-0.3, -0.25) is 0 Å². The van der Waals surface area contributed by atoms with E-state index >= 15 is 0 Å². The van der Waals surface area contributed by atoms with E-state index in [1.807, 2.05) is 6.92 Å². The Kier molecular flexibility index (Phi) is 4.00. The molecule has 3 aromatic rings. The molecule has 0 unspecified atom stereocenters. The zero-order valence-corrected chi connectivity index (χ0v) is 13.1. The molecule has 3 rings (SSSR count). The summed E-state index contributed by atoms with van der Waals surface area (Å²) >= 11 is 13.2. The van der Waals surface area contributed by atoms with Gasteiger partial charge in [0.05, 0.1) is 22.4 Å². The molecule has 0 fully saturated rings. The van der Waals surface area contributed by atoms with Crippen LogP contribution in [-0.4, -0.2) is 30.2 Å². The summed E-state index contributed by atoms with van der Waals surface area (Å²) in [6, 6.07) is 3.54. The van der Waals surface area contributed by atoms with Gasteiger partial charge in [0, 0.05) is 6.54 Å². The number of anilines is 3. The Morgan fingerprint density at radius 3 is 2.71 bits per heavy atom. The summed E-state index contributed by atoms with van der Waals surface area (Å²) in [6.07, 6.45) is 0. The number of nitrogens with one attached hydrogen (secondary N) is 2. The van der Waals surface area contributed by atoms with E-state index in [0.29, 0.717) is 28.7 Å². The van der Waals surface area contributed by atoms with Crippen LogP contribution in [0.5, 0.6) is 0 Å². The lowest BCUT2D eigenvalue weighted by molar-refractivity contribution is 1.02. The largest absolute Gasteiger partial charge is 0.354 e. The lowest BCUT2D eigenvalue weighted by Gasteiger charge is -2.09. The number of fused-ring (bicyclic) bond motifs is 1. The molecule has 0 atom stereocenters. The van der Waals surface area contributed by atoms with Crippen molar-refractivity contribution in [3.63, 3.8) is 0 Å². The highest BCUT2D eigenvalue weighted by atomic mass is 35.5. The van der Waals surface area contributed by atoms with E-state index in [0.717, 1.165) is 17.2 Å². The second-order valence-corrected chi connectivity index (χ2v) is 5.24. The number of aromatic nitrogens is 5. The van der Waals surface area contributed by atoms with Gasteiger partial charge < -0.3 is 10.6 Å². The number of hydrogen-bond donors (Lipinski definition) is 2. The second-order valence-electron chi connectivity index (χ2n) is 3.96. The first-order chi connectivity index (χ1) is 10.2. The van der Waals surface area contributed by atoms with E-state index in [1.165, 1.54) is 0 Å². The molecule has 10 heteroatoms. The first-order valence-electron chi connectivity index (χ1n) is 6.00. The maximum Gasteiger partial charge on any atom is 0.233 e. The van der Waals surface area contributed by atoms with E-state index in [1.54, 1.807) is 12.1 Å². The predicted molar refractivity (Wildman–Crippen MR) is 84.7 cm³/mol. The summed E-state index contributed by atoms with van der Waals surface area (Å²) in [7, 11) is 0. The van der Waals surface area contributed by atoms with E-state index in [4.69, 9.17) is 23.2 Å². The van der Waals surface area contributed by atoms with Gasteiger partial charge in [-0.05, 0) is 30.7 Å². The van der Waals surface area contributed by atoms with Crippen LogP contribution < -0.4 is 10.6 Å². The fourth-order valence-electron chi connectivity index (χ4n) is 1.70. The Hall–Kier alpha value is -1.77. The van der Waals surface area contributed by atoms with Crippen LogP contribution in [0.4, 0.5) is 17.6 Å². The van der Waals surface area contributed by atoms with E-state index in [-0.39, 0.29) is 11.2 Å². The monoisotopic (exact) mass is 341 g/mol. The minimum absolute atomic E-state index is 0.0863. The lowest BCUT2D eigenvalue weighted by atomic mass is 10.2. The fourth-order valence-corrected chi connectivity index (χ4v) is 2.60. The molecule has 0 aliphatic rings. The molecule has 2 aromatic heterocycles. The molecule has 0 aliphatic heterocycles. The lowest BCUT2D eigenvalue weighted by Crippen LogP contribution is -2.06. The van der Waals surface area contributed by atoms with E-state index in [2.05, 4.69) is 34.3 Å². The molecule has 1 aromatic carbocycles. The van der Waals surface area contributed by atoms with Crippen LogP contribution in [-0.2, 0) is 0 Å². The Morgan fingerprint density at radius 2 is 1.90 bits per heavy atom. The van der Waals surface area contributed by atoms with Crippen LogP contribution >= 0.6 is 34.9 Å². The van der Waals surface area contributed by atoms with Crippen molar-refractivity contribution in [1.82, 2.24) is 23.7 Å². The fraction of sp³-hybridized carbons (Fsp3) is 0.182. The molecule has 108 valence electrons.